The van der Waals surface area contributed by atoms with Crippen molar-refractivity contribution in [2.75, 3.05) is 4.90 Å². The standard InChI is InChI=1S/C29H21BrN2O2/c1-16-14-17(2)25(18(3)15-16)32-27(33)21-9-6-11-22(24(21)28(32)34)29(30)13-7-10-20-19-8-4-5-12-23(19)31-26(20)29/h4-15H,1-3H3. The van der Waals surface area contributed by atoms with Crippen molar-refractivity contribution in [3.05, 3.63) is 112 Å². The van der Waals surface area contributed by atoms with Crippen LogP contribution in [0.4, 0.5) is 11.4 Å². The Bertz CT molecular complexity index is 1520. The molecule has 3 aromatic rings. The highest BCUT2D eigenvalue weighted by Gasteiger charge is 2.47. The Hall–Kier alpha value is -3.57. The Morgan fingerprint density at radius 1 is 0.882 bits per heavy atom. The van der Waals surface area contributed by atoms with E-state index in [9.17, 15) is 9.59 Å². The van der Waals surface area contributed by atoms with Crippen LogP contribution in [0.2, 0.25) is 0 Å². The molecule has 3 aliphatic rings. The second-order valence-corrected chi connectivity index (χ2v) is 10.3. The Labute approximate surface area is 206 Å². The van der Waals surface area contributed by atoms with Gasteiger partial charge < -0.3 is 0 Å². The third kappa shape index (κ3) is 2.74. The van der Waals surface area contributed by atoms with E-state index in [4.69, 9.17) is 4.99 Å². The highest BCUT2D eigenvalue weighted by molar-refractivity contribution is 9.10. The number of hydrogen-bond donors (Lipinski definition) is 0. The highest BCUT2D eigenvalue weighted by Crippen LogP contribution is 2.50. The van der Waals surface area contributed by atoms with Gasteiger partial charge in [0.1, 0.15) is 4.32 Å². The van der Waals surface area contributed by atoms with Crippen LogP contribution in [-0.2, 0) is 4.32 Å². The highest BCUT2D eigenvalue weighted by atomic mass is 79.9. The summed E-state index contributed by atoms with van der Waals surface area (Å²) in [4.78, 5) is 33.8. The van der Waals surface area contributed by atoms with Gasteiger partial charge in [-0.1, -0.05) is 82.2 Å². The number of anilines is 1. The third-order valence-electron chi connectivity index (χ3n) is 6.78. The minimum absolute atomic E-state index is 0.291. The first-order valence-corrected chi connectivity index (χ1v) is 12.0. The molecule has 0 aromatic heterocycles. The first-order chi connectivity index (χ1) is 16.3. The van der Waals surface area contributed by atoms with Crippen LogP contribution in [-0.4, -0.2) is 17.5 Å². The number of alkyl halides is 1. The average molecular weight is 509 g/mol. The summed E-state index contributed by atoms with van der Waals surface area (Å²) in [6.45, 7) is 5.90. The zero-order valence-electron chi connectivity index (χ0n) is 19.0. The number of imide groups is 1. The van der Waals surface area contributed by atoms with Gasteiger partial charge in [0.2, 0.25) is 0 Å². The first kappa shape index (κ1) is 21.0. The molecule has 2 heterocycles. The van der Waals surface area contributed by atoms with E-state index in [0.29, 0.717) is 16.8 Å². The lowest BCUT2D eigenvalue weighted by atomic mass is 9.82. The SMILES string of the molecule is Cc1cc(C)c(N2C(=O)c3cccc(C4(Br)C=CC=C5C4=Nc4ccccc45)c3C2=O)c(C)c1. The molecule has 0 fully saturated rings. The van der Waals surface area contributed by atoms with Crippen LogP contribution in [0.25, 0.3) is 5.57 Å². The van der Waals surface area contributed by atoms with Crippen LogP contribution < -0.4 is 4.90 Å². The Morgan fingerprint density at radius 2 is 1.59 bits per heavy atom. The summed E-state index contributed by atoms with van der Waals surface area (Å²) in [5.41, 5.74) is 8.94. The van der Waals surface area contributed by atoms with E-state index >= 15 is 0 Å². The van der Waals surface area contributed by atoms with Gasteiger partial charge in [0, 0.05) is 11.1 Å². The van der Waals surface area contributed by atoms with Crippen LogP contribution in [0.5, 0.6) is 0 Å². The maximum atomic E-state index is 13.9. The van der Waals surface area contributed by atoms with E-state index in [-0.39, 0.29) is 11.8 Å². The molecule has 0 saturated carbocycles. The van der Waals surface area contributed by atoms with Crippen LogP contribution in [0.15, 0.2) is 77.8 Å². The van der Waals surface area contributed by atoms with Gasteiger partial charge in [-0.2, -0.15) is 0 Å². The number of halogens is 1. The Morgan fingerprint density at radius 3 is 2.35 bits per heavy atom. The number of allylic oxidation sites excluding steroid dienone is 4. The van der Waals surface area contributed by atoms with Gasteiger partial charge >= 0.3 is 0 Å². The normalized spacial score (nSPS) is 20.2. The molecule has 5 heteroatoms. The van der Waals surface area contributed by atoms with Crippen molar-refractivity contribution in [3.8, 4) is 0 Å². The van der Waals surface area contributed by atoms with Gasteiger partial charge in [-0.25, -0.2) is 9.89 Å². The fourth-order valence-corrected chi connectivity index (χ4v) is 6.23. The molecule has 3 aromatic carbocycles. The van der Waals surface area contributed by atoms with E-state index in [1.165, 1.54) is 4.90 Å². The number of carbonyl (C=O) groups excluding carboxylic acids is 2. The zero-order chi connectivity index (χ0) is 23.8. The summed E-state index contributed by atoms with van der Waals surface area (Å²) in [6, 6.07) is 17.5. The number of amides is 2. The van der Waals surface area contributed by atoms with Gasteiger partial charge in [-0.3, -0.25) is 9.59 Å². The summed E-state index contributed by atoms with van der Waals surface area (Å²) < 4.78 is -0.829. The van der Waals surface area contributed by atoms with E-state index in [0.717, 1.165) is 44.8 Å². The molecular formula is C29H21BrN2O2. The van der Waals surface area contributed by atoms with Crippen molar-refractivity contribution in [2.24, 2.45) is 4.99 Å². The van der Waals surface area contributed by atoms with Crippen LogP contribution in [0, 0.1) is 20.8 Å². The monoisotopic (exact) mass is 508 g/mol. The Kier molecular flexibility index (Phi) is 4.45. The number of fused-ring (bicyclic) bond motifs is 4. The van der Waals surface area contributed by atoms with Gasteiger partial charge in [-0.15, -0.1) is 0 Å². The summed E-state index contributed by atoms with van der Waals surface area (Å²) in [5.74, 6) is -0.592. The fourth-order valence-electron chi connectivity index (χ4n) is 5.44. The zero-order valence-corrected chi connectivity index (χ0v) is 20.6. The number of para-hydroxylation sites is 1. The fraction of sp³-hybridized carbons (Fsp3) is 0.138. The van der Waals surface area contributed by atoms with Gasteiger partial charge in [0.05, 0.1) is 28.2 Å². The molecule has 0 spiro atoms. The molecule has 1 aliphatic carbocycles. The molecule has 0 bridgehead atoms. The van der Waals surface area contributed by atoms with E-state index in [1.54, 1.807) is 6.07 Å². The summed E-state index contributed by atoms with van der Waals surface area (Å²) in [7, 11) is 0. The number of carbonyl (C=O) groups is 2. The molecule has 0 saturated heterocycles. The maximum absolute atomic E-state index is 13.9. The van der Waals surface area contributed by atoms with E-state index < -0.39 is 4.32 Å². The van der Waals surface area contributed by atoms with Crippen molar-refractivity contribution >= 4 is 50.4 Å². The van der Waals surface area contributed by atoms with Crippen molar-refractivity contribution in [2.45, 2.75) is 25.1 Å². The van der Waals surface area contributed by atoms with Crippen molar-refractivity contribution < 1.29 is 9.59 Å². The lowest BCUT2D eigenvalue weighted by molar-refractivity contribution is 0.0925. The quantitative estimate of drug-likeness (QED) is 0.284. The number of nitrogens with zero attached hydrogens (tertiary/aromatic N) is 2. The van der Waals surface area contributed by atoms with Gasteiger partial charge in [0.15, 0.2) is 0 Å². The molecule has 166 valence electrons. The number of benzene rings is 3. The second kappa shape index (κ2) is 7.21. The molecular weight excluding hydrogens is 488 g/mol. The predicted octanol–water partition coefficient (Wildman–Crippen LogP) is 6.74. The lowest BCUT2D eigenvalue weighted by Crippen LogP contribution is -2.33. The largest absolute Gasteiger partial charge is 0.268 e. The summed E-state index contributed by atoms with van der Waals surface area (Å²) >= 11 is 3.95. The number of aryl methyl sites for hydroxylation is 3. The van der Waals surface area contributed by atoms with Gasteiger partial charge in [0.25, 0.3) is 11.8 Å². The molecule has 2 amide bonds. The molecule has 0 N–H and O–H groups in total. The topological polar surface area (TPSA) is 49.7 Å². The smallest absolute Gasteiger partial charge is 0.266 e. The van der Waals surface area contributed by atoms with Gasteiger partial charge in [-0.05, 0) is 49.6 Å². The van der Waals surface area contributed by atoms with Crippen molar-refractivity contribution in [3.63, 3.8) is 0 Å². The van der Waals surface area contributed by atoms with Crippen LogP contribution in [0.3, 0.4) is 0 Å². The molecule has 1 unspecified atom stereocenters. The maximum Gasteiger partial charge on any atom is 0.266 e. The molecule has 1 atom stereocenters. The number of rotatable bonds is 2. The first-order valence-electron chi connectivity index (χ1n) is 11.2. The van der Waals surface area contributed by atoms with Crippen LogP contribution >= 0.6 is 15.9 Å². The number of hydrogen-bond acceptors (Lipinski definition) is 3. The summed E-state index contributed by atoms with van der Waals surface area (Å²) in [5, 5.41) is 0. The molecule has 34 heavy (non-hydrogen) atoms. The van der Waals surface area contributed by atoms with E-state index in [2.05, 4.69) is 22.0 Å². The second-order valence-electron chi connectivity index (χ2n) is 9.05. The Balaban J connectivity index is 1.52. The minimum Gasteiger partial charge on any atom is -0.268 e. The lowest BCUT2D eigenvalue weighted by Gasteiger charge is -2.29. The number of aliphatic imine (C=N–C) groups is 1. The van der Waals surface area contributed by atoms with E-state index in [1.807, 2.05) is 81.5 Å². The molecule has 2 aliphatic heterocycles. The van der Waals surface area contributed by atoms with Crippen molar-refractivity contribution in [1.29, 1.82) is 0 Å². The molecule has 6 rings (SSSR count). The minimum atomic E-state index is -0.829. The van der Waals surface area contributed by atoms with Crippen molar-refractivity contribution in [1.82, 2.24) is 0 Å². The van der Waals surface area contributed by atoms with Crippen LogP contribution in [0.1, 0.15) is 48.5 Å². The molecule has 4 nitrogen and oxygen atoms in total. The third-order valence-corrected chi connectivity index (χ3v) is 7.85. The molecule has 0 radical (unpaired) electrons. The predicted molar refractivity (Wildman–Crippen MR) is 139 cm³/mol. The average Bonchev–Trinajstić information content (AvgIpc) is 3.31. The summed E-state index contributed by atoms with van der Waals surface area (Å²) in [6.07, 6.45) is 6.03.